The van der Waals surface area contributed by atoms with Crippen molar-refractivity contribution in [2.75, 3.05) is 5.73 Å². The molecule has 3 heterocycles. The van der Waals surface area contributed by atoms with Gasteiger partial charge >= 0.3 is 0 Å². The Morgan fingerprint density at radius 2 is 2.15 bits per heavy atom. The Bertz CT molecular complexity index is 703. The van der Waals surface area contributed by atoms with Gasteiger partial charge in [0.05, 0.1) is 23.1 Å². The minimum absolute atomic E-state index is 0.0529. The molecule has 0 aromatic carbocycles. The zero-order valence-electron chi connectivity index (χ0n) is 11.3. The number of ether oxygens (including phenoxy) is 1. The highest BCUT2D eigenvalue weighted by Gasteiger charge is 2.39. The van der Waals surface area contributed by atoms with Gasteiger partial charge in [0.2, 0.25) is 0 Å². The van der Waals surface area contributed by atoms with Crippen LogP contribution in [0.15, 0.2) is 12.5 Å². The van der Waals surface area contributed by atoms with E-state index >= 15 is 0 Å². The molecule has 0 radical (unpaired) electrons. The molecule has 2 aromatic rings. The van der Waals surface area contributed by atoms with Gasteiger partial charge in [0.1, 0.15) is 23.9 Å². The Morgan fingerprint density at radius 1 is 1.40 bits per heavy atom. The van der Waals surface area contributed by atoms with Crippen molar-refractivity contribution < 1.29 is 4.74 Å². The van der Waals surface area contributed by atoms with E-state index < -0.39 is 0 Å². The summed E-state index contributed by atoms with van der Waals surface area (Å²) in [5, 5.41) is 9.79. The first-order valence-electron chi connectivity index (χ1n) is 6.46. The van der Waals surface area contributed by atoms with E-state index in [4.69, 9.17) is 16.2 Å². The molecule has 7 heteroatoms. The van der Waals surface area contributed by atoms with Crippen LogP contribution >= 0.6 is 0 Å². The highest BCUT2D eigenvalue weighted by atomic mass is 16.5. The van der Waals surface area contributed by atoms with E-state index in [2.05, 4.69) is 23.0 Å². The number of rotatable bonds is 1. The first-order valence-corrected chi connectivity index (χ1v) is 6.46. The van der Waals surface area contributed by atoms with Crippen LogP contribution in [0.25, 0.3) is 11.0 Å². The van der Waals surface area contributed by atoms with Gasteiger partial charge in [-0.05, 0) is 6.92 Å². The second kappa shape index (κ2) is 4.44. The fraction of sp³-hybridized carbons (Fsp3) is 0.462. The van der Waals surface area contributed by atoms with Crippen LogP contribution in [0.5, 0.6) is 0 Å². The van der Waals surface area contributed by atoms with E-state index in [9.17, 15) is 5.26 Å². The molecule has 1 aliphatic rings. The lowest BCUT2D eigenvalue weighted by Crippen LogP contribution is -2.32. The first-order chi connectivity index (χ1) is 9.54. The van der Waals surface area contributed by atoms with Crippen LogP contribution in [0.4, 0.5) is 5.82 Å². The van der Waals surface area contributed by atoms with Crippen LogP contribution in [-0.2, 0) is 4.74 Å². The molecule has 3 rings (SSSR count). The summed E-state index contributed by atoms with van der Waals surface area (Å²) < 4.78 is 7.69. The molecule has 1 fully saturated rings. The van der Waals surface area contributed by atoms with Crippen molar-refractivity contribution in [3.8, 4) is 6.07 Å². The lowest BCUT2D eigenvalue weighted by molar-refractivity contribution is 0.00448. The molecule has 0 bridgehead atoms. The van der Waals surface area contributed by atoms with Crippen LogP contribution in [0.3, 0.4) is 0 Å². The predicted octanol–water partition coefficient (Wildman–Crippen LogP) is 0.766. The summed E-state index contributed by atoms with van der Waals surface area (Å²) >= 11 is 0. The average molecular weight is 272 g/mol. The Hall–Kier alpha value is -2.17. The number of fused-ring (bicyclic) bond motifs is 1. The lowest BCUT2D eigenvalue weighted by atomic mass is 10.00. The molecular formula is C13H16N6O. The van der Waals surface area contributed by atoms with Crippen molar-refractivity contribution in [2.45, 2.75) is 32.2 Å². The second-order valence-electron chi connectivity index (χ2n) is 5.19. The quantitative estimate of drug-likeness (QED) is 0.792. The number of hydrogen-bond donors (Lipinski definition) is 2. The second-order valence-corrected chi connectivity index (χ2v) is 5.19. The van der Waals surface area contributed by atoms with Crippen LogP contribution in [-0.4, -0.2) is 26.7 Å². The number of nitrogen functional groups attached to an aromatic ring is 1. The maximum atomic E-state index is 9.24. The van der Waals surface area contributed by atoms with Crippen molar-refractivity contribution in [3.05, 3.63) is 18.1 Å². The van der Waals surface area contributed by atoms with Crippen molar-refractivity contribution in [2.24, 2.45) is 11.7 Å². The largest absolute Gasteiger partial charge is 0.383 e. The molecule has 2 aromatic heterocycles. The van der Waals surface area contributed by atoms with Crippen LogP contribution in [0.2, 0.25) is 0 Å². The summed E-state index contributed by atoms with van der Waals surface area (Å²) in [4.78, 5) is 8.16. The zero-order valence-corrected chi connectivity index (χ0v) is 11.3. The fourth-order valence-electron chi connectivity index (χ4n) is 2.65. The molecule has 0 saturated carbocycles. The number of nitrogens with zero attached hydrogens (tertiary/aromatic N) is 4. The normalized spacial score (nSPS) is 29.7. The van der Waals surface area contributed by atoms with Gasteiger partial charge in [0.15, 0.2) is 6.23 Å². The Kier molecular flexibility index (Phi) is 2.85. The summed E-state index contributed by atoms with van der Waals surface area (Å²) in [6.45, 7) is 4.04. The predicted molar refractivity (Wildman–Crippen MR) is 73.4 cm³/mol. The molecule has 4 N–H and O–H groups in total. The third-order valence-electron chi connectivity index (χ3n) is 4.06. The number of nitriles is 1. The van der Waals surface area contributed by atoms with Crippen LogP contribution in [0.1, 0.15) is 25.6 Å². The van der Waals surface area contributed by atoms with Gasteiger partial charge in [-0.3, -0.25) is 0 Å². The number of hydrogen-bond acceptors (Lipinski definition) is 6. The number of nitrogens with two attached hydrogens (primary N) is 2. The van der Waals surface area contributed by atoms with E-state index in [1.54, 1.807) is 10.8 Å². The highest BCUT2D eigenvalue weighted by molar-refractivity contribution is 5.91. The molecule has 1 aliphatic heterocycles. The van der Waals surface area contributed by atoms with E-state index in [-0.39, 0.29) is 30.1 Å². The monoisotopic (exact) mass is 272 g/mol. The van der Waals surface area contributed by atoms with Gasteiger partial charge in [-0.15, -0.1) is 0 Å². The minimum Gasteiger partial charge on any atom is -0.383 e. The average Bonchev–Trinajstić information content (AvgIpc) is 2.93. The van der Waals surface area contributed by atoms with Crippen molar-refractivity contribution in [1.29, 1.82) is 5.26 Å². The van der Waals surface area contributed by atoms with Crippen molar-refractivity contribution >= 4 is 16.9 Å². The molecule has 104 valence electrons. The maximum Gasteiger partial charge on any atom is 0.151 e. The van der Waals surface area contributed by atoms with Gasteiger partial charge in [0.25, 0.3) is 0 Å². The van der Waals surface area contributed by atoms with E-state index in [1.807, 2.05) is 6.92 Å². The van der Waals surface area contributed by atoms with E-state index in [0.29, 0.717) is 16.6 Å². The molecular weight excluding hydrogens is 256 g/mol. The number of aromatic nitrogens is 3. The smallest absolute Gasteiger partial charge is 0.151 e. The molecule has 0 amide bonds. The summed E-state index contributed by atoms with van der Waals surface area (Å²) in [7, 11) is 0. The summed E-state index contributed by atoms with van der Waals surface area (Å²) in [5.74, 6) is 0.514. The molecule has 20 heavy (non-hydrogen) atoms. The maximum absolute atomic E-state index is 9.24. The molecule has 0 aliphatic carbocycles. The Labute approximate surface area is 116 Å². The third-order valence-corrected chi connectivity index (χ3v) is 4.06. The molecule has 4 atom stereocenters. The van der Waals surface area contributed by atoms with Gasteiger partial charge in [-0.25, -0.2) is 9.97 Å². The summed E-state index contributed by atoms with van der Waals surface area (Å²) in [5.41, 5.74) is 13.1. The lowest BCUT2D eigenvalue weighted by Gasteiger charge is -2.18. The van der Waals surface area contributed by atoms with Crippen LogP contribution in [0, 0.1) is 17.2 Å². The Balaban J connectivity index is 2.19. The molecule has 0 spiro atoms. The van der Waals surface area contributed by atoms with Gasteiger partial charge < -0.3 is 20.8 Å². The van der Waals surface area contributed by atoms with Gasteiger partial charge in [-0.2, -0.15) is 5.26 Å². The van der Waals surface area contributed by atoms with Crippen molar-refractivity contribution in [1.82, 2.24) is 14.5 Å². The zero-order chi connectivity index (χ0) is 14.4. The summed E-state index contributed by atoms with van der Waals surface area (Å²) in [6.07, 6.45) is 2.77. The minimum atomic E-state index is -0.348. The van der Waals surface area contributed by atoms with E-state index in [1.165, 1.54) is 6.33 Å². The standard InChI is InChI=1S/C13H16N6O/c1-6-7(2)20-13(10(6)15)19-4-8(3-14)9-11(16)17-5-18-12(9)19/h4-7,10,13H,15H2,1-2H3,(H2,16,17,18)/t6-,7?,10+,13-/m1/s1. The van der Waals surface area contributed by atoms with E-state index in [0.717, 1.165) is 0 Å². The van der Waals surface area contributed by atoms with Crippen LogP contribution < -0.4 is 11.5 Å². The fourth-order valence-corrected chi connectivity index (χ4v) is 2.65. The highest BCUT2D eigenvalue weighted by Crippen LogP contribution is 2.35. The first kappa shape index (κ1) is 12.8. The van der Waals surface area contributed by atoms with Crippen molar-refractivity contribution in [3.63, 3.8) is 0 Å². The number of anilines is 1. The molecule has 1 saturated heterocycles. The third kappa shape index (κ3) is 1.66. The van der Waals surface area contributed by atoms with Gasteiger partial charge in [0, 0.05) is 12.1 Å². The van der Waals surface area contributed by atoms with Gasteiger partial charge in [-0.1, -0.05) is 6.92 Å². The molecule has 1 unspecified atom stereocenters. The molecule has 7 nitrogen and oxygen atoms in total. The summed E-state index contributed by atoms with van der Waals surface area (Å²) in [6, 6.07) is 1.95. The topological polar surface area (TPSA) is 116 Å². The Morgan fingerprint density at radius 3 is 2.75 bits per heavy atom. The SMILES string of the molecule is CC1O[C@@H](n2cc(C#N)c3c(N)ncnc32)[C@@H](N)[C@@H]1C.